The van der Waals surface area contributed by atoms with Crippen LogP contribution in [0.5, 0.6) is 0 Å². The summed E-state index contributed by atoms with van der Waals surface area (Å²) in [5.74, 6) is 1.74. The molecule has 15 heavy (non-hydrogen) atoms. The maximum absolute atomic E-state index is 11.2. The van der Waals surface area contributed by atoms with Crippen LogP contribution in [0.15, 0.2) is 11.0 Å². The Kier molecular flexibility index (Phi) is 2.72. The summed E-state index contributed by atoms with van der Waals surface area (Å²) in [6, 6.07) is 0. The molecule has 2 rings (SSSR count). The minimum atomic E-state index is -0.731. The van der Waals surface area contributed by atoms with Crippen molar-refractivity contribution in [3.63, 3.8) is 0 Å². The van der Waals surface area contributed by atoms with Crippen LogP contribution in [0.3, 0.4) is 0 Å². The Morgan fingerprint density at radius 2 is 2.13 bits per heavy atom. The van der Waals surface area contributed by atoms with Gasteiger partial charge in [0.15, 0.2) is 0 Å². The van der Waals surface area contributed by atoms with Gasteiger partial charge in [-0.1, -0.05) is 0 Å². The van der Waals surface area contributed by atoms with E-state index in [9.17, 15) is 9.00 Å². The fourth-order valence-electron chi connectivity index (χ4n) is 1.41. The van der Waals surface area contributed by atoms with E-state index in [-0.39, 0.29) is 11.2 Å². The maximum Gasteiger partial charge on any atom is 0.275 e. The minimum absolute atomic E-state index is 0.110. The second kappa shape index (κ2) is 4.01. The molecule has 3 N–H and O–H groups in total. The molecule has 1 saturated heterocycles. The lowest BCUT2D eigenvalue weighted by molar-refractivity contribution is 0.671. The van der Waals surface area contributed by atoms with E-state index in [0.717, 1.165) is 0 Å². The third-order valence-electron chi connectivity index (χ3n) is 2.29. The molecule has 0 radical (unpaired) electrons. The zero-order valence-electron chi connectivity index (χ0n) is 8.10. The van der Waals surface area contributed by atoms with Crippen LogP contribution in [0.2, 0.25) is 0 Å². The topological polar surface area (TPSA) is 92.1 Å². The van der Waals surface area contributed by atoms with Gasteiger partial charge in [-0.2, -0.15) is 0 Å². The fraction of sp³-hybridized carbons (Fsp3) is 0.500. The van der Waals surface area contributed by atoms with Crippen molar-refractivity contribution >= 4 is 22.4 Å². The fourth-order valence-corrected chi connectivity index (χ4v) is 2.46. The van der Waals surface area contributed by atoms with Crippen molar-refractivity contribution in [2.45, 2.75) is 0 Å². The van der Waals surface area contributed by atoms with Crippen molar-refractivity contribution in [2.24, 2.45) is 0 Å². The molecular weight excluding hydrogens is 216 g/mol. The number of nitrogens with two attached hydrogens (primary N) is 1. The lowest BCUT2D eigenvalue weighted by atomic mass is 10.5. The van der Waals surface area contributed by atoms with E-state index in [0.29, 0.717) is 30.5 Å². The van der Waals surface area contributed by atoms with Gasteiger partial charge in [-0.25, -0.2) is 4.98 Å². The van der Waals surface area contributed by atoms with Crippen molar-refractivity contribution in [2.75, 3.05) is 35.2 Å². The molecular formula is C8H12N4O2S. The van der Waals surface area contributed by atoms with Gasteiger partial charge in [0, 0.05) is 35.4 Å². The van der Waals surface area contributed by atoms with Crippen LogP contribution in [0.4, 0.5) is 11.6 Å². The molecule has 1 aromatic heterocycles. The quantitative estimate of drug-likeness (QED) is 0.638. The molecule has 0 bridgehead atoms. The predicted octanol–water partition coefficient (Wildman–Crippen LogP) is -1.08. The number of rotatable bonds is 1. The number of nitrogens with zero attached hydrogens (tertiary/aromatic N) is 2. The van der Waals surface area contributed by atoms with Crippen molar-refractivity contribution < 1.29 is 4.21 Å². The van der Waals surface area contributed by atoms with Gasteiger partial charge in [0.2, 0.25) is 5.95 Å². The van der Waals surface area contributed by atoms with Gasteiger partial charge in [0.1, 0.15) is 5.69 Å². The molecule has 7 heteroatoms. The Labute approximate surface area is 89.0 Å². The molecule has 82 valence electrons. The normalized spacial score (nSPS) is 18.0. The van der Waals surface area contributed by atoms with Crippen molar-refractivity contribution in [3.05, 3.63) is 16.6 Å². The summed E-state index contributed by atoms with van der Waals surface area (Å²) < 4.78 is 11.1. The van der Waals surface area contributed by atoms with Gasteiger partial charge in [-0.05, 0) is 0 Å². The summed E-state index contributed by atoms with van der Waals surface area (Å²) >= 11 is 0. The highest BCUT2D eigenvalue weighted by molar-refractivity contribution is 7.85. The van der Waals surface area contributed by atoms with E-state index < -0.39 is 10.8 Å². The molecule has 0 amide bonds. The van der Waals surface area contributed by atoms with Gasteiger partial charge >= 0.3 is 0 Å². The van der Waals surface area contributed by atoms with Gasteiger partial charge in [0.05, 0.1) is 6.20 Å². The summed E-state index contributed by atoms with van der Waals surface area (Å²) in [5.41, 5.74) is 5.15. The second-order valence-electron chi connectivity index (χ2n) is 3.33. The van der Waals surface area contributed by atoms with Crippen molar-refractivity contribution in [1.29, 1.82) is 0 Å². The minimum Gasteiger partial charge on any atom is -0.393 e. The number of anilines is 2. The highest BCUT2D eigenvalue weighted by atomic mass is 32.2. The van der Waals surface area contributed by atoms with E-state index >= 15 is 0 Å². The average Bonchev–Trinajstić information content (AvgIpc) is 2.23. The number of hydrogen-bond donors (Lipinski definition) is 2. The molecule has 2 heterocycles. The molecule has 0 spiro atoms. The number of nitrogens with one attached hydrogen (secondary N) is 1. The molecule has 1 fully saturated rings. The molecule has 6 nitrogen and oxygen atoms in total. The summed E-state index contributed by atoms with van der Waals surface area (Å²) in [6.45, 7) is 1.30. The number of aromatic amines is 1. The molecule has 0 saturated carbocycles. The van der Waals surface area contributed by atoms with Crippen LogP contribution in [0.25, 0.3) is 0 Å². The Hall–Kier alpha value is -1.37. The van der Waals surface area contributed by atoms with Crippen LogP contribution in [0, 0.1) is 0 Å². The van der Waals surface area contributed by atoms with Gasteiger partial charge in [-0.3, -0.25) is 14.0 Å². The van der Waals surface area contributed by atoms with Gasteiger partial charge in [-0.15, -0.1) is 0 Å². The second-order valence-corrected chi connectivity index (χ2v) is 5.02. The summed E-state index contributed by atoms with van der Waals surface area (Å²) in [7, 11) is -0.731. The molecule has 1 aromatic rings. The Morgan fingerprint density at radius 1 is 1.47 bits per heavy atom. The van der Waals surface area contributed by atoms with Crippen LogP contribution in [-0.2, 0) is 10.8 Å². The molecule has 0 unspecified atom stereocenters. The Morgan fingerprint density at radius 3 is 2.73 bits per heavy atom. The Bertz CT molecular complexity index is 435. The summed E-state index contributed by atoms with van der Waals surface area (Å²) in [6.07, 6.45) is 1.35. The van der Waals surface area contributed by atoms with E-state index in [1.807, 2.05) is 4.90 Å². The SMILES string of the molecule is Nc1cnc(N2CCS(=O)CC2)[nH]c1=O. The van der Waals surface area contributed by atoms with E-state index in [1.165, 1.54) is 6.20 Å². The third-order valence-corrected chi connectivity index (χ3v) is 3.57. The van der Waals surface area contributed by atoms with Crippen molar-refractivity contribution in [1.82, 2.24) is 9.97 Å². The lowest BCUT2D eigenvalue weighted by Gasteiger charge is -2.26. The first-order valence-corrected chi connectivity index (χ1v) is 6.10. The number of aromatic nitrogens is 2. The lowest BCUT2D eigenvalue weighted by Crippen LogP contribution is -2.39. The number of nitrogen functional groups attached to an aromatic ring is 1. The van der Waals surface area contributed by atoms with Crippen LogP contribution in [0.1, 0.15) is 0 Å². The molecule has 0 atom stereocenters. The van der Waals surface area contributed by atoms with Crippen LogP contribution < -0.4 is 16.2 Å². The van der Waals surface area contributed by atoms with Crippen LogP contribution >= 0.6 is 0 Å². The van der Waals surface area contributed by atoms with Crippen molar-refractivity contribution in [3.8, 4) is 0 Å². The third kappa shape index (κ3) is 2.17. The van der Waals surface area contributed by atoms with E-state index in [1.54, 1.807) is 0 Å². The molecule has 1 aliphatic heterocycles. The van der Waals surface area contributed by atoms with Gasteiger partial charge < -0.3 is 10.6 Å². The first kappa shape index (κ1) is 10.2. The first-order chi connectivity index (χ1) is 7.16. The van der Waals surface area contributed by atoms with E-state index in [2.05, 4.69) is 9.97 Å². The summed E-state index contributed by atoms with van der Waals surface area (Å²) in [4.78, 5) is 19.8. The largest absolute Gasteiger partial charge is 0.393 e. The average molecular weight is 228 g/mol. The van der Waals surface area contributed by atoms with Gasteiger partial charge in [0.25, 0.3) is 5.56 Å². The zero-order chi connectivity index (χ0) is 10.8. The first-order valence-electron chi connectivity index (χ1n) is 4.61. The monoisotopic (exact) mass is 228 g/mol. The smallest absolute Gasteiger partial charge is 0.275 e. The number of H-pyrrole nitrogens is 1. The standard InChI is InChI=1S/C8H12N4O2S/c9-6-5-10-8(11-7(6)13)12-1-3-15(14)4-2-12/h5H,1-4,9H2,(H,10,11,13). The summed E-state index contributed by atoms with van der Waals surface area (Å²) in [5, 5.41) is 0. The molecule has 0 aromatic carbocycles. The van der Waals surface area contributed by atoms with E-state index in [4.69, 9.17) is 5.73 Å². The maximum atomic E-state index is 11.2. The van der Waals surface area contributed by atoms with Crippen LogP contribution in [-0.4, -0.2) is 38.8 Å². The highest BCUT2D eigenvalue weighted by Gasteiger charge is 2.17. The zero-order valence-corrected chi connectivity index (χ0v) is 8.92. The number of hydrogen-bond acceptors (Lipinski definition) is 5. The predicted molar refractivity (Wildman–Crippen MR) is 59.4 cm³/mol. The highest BCUT2D eigenvalue weighted by Crippen LogP contribution is 2.08. The molecule has 0 aliphatic carbocycles. The molecule has 1 aliphatic rings. The Balaban J connectivity index is 2.19.